The SMILES string of the molecule is C[C@@H](n1ncc2cc(Br)cn2c1=O)C(O)(Cn1cncn1)c1ccc(F)cc1F.[Ar]. The Bertz CT molecular complexity index is 1250. The number of hydrogen-bond donors (Lipinski definition) is 1. The van der Waals surface area contributed by atoms with Crippen LogP contribution in [0, 0.1) is 49.4 Å². The summed E-state index contributed by atoms with van der Waals surface area (Å²) in [6, 6.07) is 3.54. The summed E-state index contributed by atoms with van der Waals surface area (Å²) in [5, 5.41) is 19.7. The maximum atomic E-state index is 14.6. The summed E-state index contributed by atoms with van der Waals surface area (Å²) >= 11 is 3.30. The third kappa shape index (κ3) is 4.09. The van der Waals surface area contributed by atoms with Gasteiger partial charge in [-0.2, -0.15) is 10.2 Å². The van der Waals surface area contributed by atoms with Crippen LogP contribution in [0.3, 0.4) is 0 Å². The van der Waals surface area contributed by atoms with Crippen molar-refractivity contribution in [2.24, 2.45) is 0 Å². The molecule has 0 aliphatic heterocycles. The number of halogens is 3. The van der Waals surface area contributed by atoms with Gasteiger partial charge in [0.15, 0.2) is 0 Å². The summed E-state index contributed by atoms with van der Waals surface area (Å²) < 4.78 is 32.5. The second-order valence-corrected chi connectivity index (χ2v) is 7.56. The fourth-order valence-corrected chi connectivity index (χ4v) is 3.74. The van der Waals surface area contributed by atoms with Gasteiger partial charge in [0.05, 0.1) is 24.3 Å². The quantitative estimate of drug-likeness (QED) is 0.450. The summed E-state index contributed by atoms with van der Waals surface area (Å²) in [6.45, 7) is 1.29. The van der Waals surface area contributed by atoms with Gasteiger partial charge in [-0.25, -0.2) is 27.9 Å². The first-order chi connectivity index (χ1) is 13.8. The van der Waals surface area contributed by atoms with Crippen LogP contribution >= 0.6 is 15.9 Å². The molecule has 0 amide bonds. The first kappa shape index (κ1) is 23.0. The van der Waals surface area contributed by atoms with Crippen molar-refractivity contribution in [1.82, 2.24) is 28.9 Å². The molecule has 0 bridgehead atoms. The summed E-state index contributed by atoms with van der Waals surface area (Å²) in [5.41, 5.74) is -2.15. The molecule has 0 saturated heterocycles. The van der Waals surface area contributed by atoms with Gasteiger partial charge in [0.25, 0.3) is 0 Å². The second kappa shape index (κ2) is 8.83. The smallest absolute Gasteiger partial charge is 0.349 e. The van der Waals surface area contributed by atoms with Crippen molar-refractivity contribution in [1.29, 1.82) is 0 Å². The molecule has 30 heavy (non-hydrogen) atoms. The first-order valence-corrected chi connectivity index (χ1v) is 9.34. The fourth-order valence-electron chi connectivity index (χ4n) is 3.30. The second-order valence-electron chi connectivity index (χ2n) is 6.64. The molecular weight excluding hydrogens is 490 g/mol. The zero-order valence-electron chi connectivity index (χ0n) is 15.4. The van der Waals surface area contributed by atoms with Crippen LogP contribution < -0.4 is 5.69 Å². The third-order valence-electron chi connectivity index (χ3n) is 4.86. The molecule has 1 N–H and O–H groups in total. The van der Waals surface area contributed by atoms with Gasteiger partial charge >= 0.3 is 5.69 Å². The third-order valence-corrected chi connectivity index (χ3v) is 5.29. The number of benzene rings is 1. The van der Waals surface area contributed by atoms with Crippen molar-refractivity contribution >= 4 is 21.4 Å². The van der Waals surface area contributed by atoms with E-state index < -0.39 is 29.0 Å². The largest absolute Gasteiger partial charge is 0.381 e. The average Bonchev–Trinajstić information content (AvgIpc) is 3.30. The van der Waals surface area contributed by atoms with Gasteiger partial charge < -0.3 is 5.11 Å². The van der Waals surface area contributed by atoms with Gasteiger partial charge in [-0.15, -0.1) is 0 Å². The molecule has 1 aromatic carbocycles. The molecule has 8 nitrogen and oxygen atoms in total. The van der Waals surface area contributed by atoms with Crippen molar-refractivity contribution in [3.05, 3.63) is 81.5 Å². The van der Waals surface area contributed by atoms with Gasteiger partial charge in [-0.3, -0.25) is 4.40 Å². The number of fused-ring (bicyclic) bond motifs is 1. The Morgan fingerprint density at radius 2 is 2.03 bits per heavy atom. The average molecular weight is 505 g/mol. The van der Waals surface area contributed by atoms with E-state index in [0.29, 0.717) is 16.1 Å². The number of nitrogens with zero attached hydrogens (tertiary/aromatic N) is 6. The van der Waals surface area contributed by atoms with Crippen LogP contribution in [0.5, 0.6) is 0 Å². The van der Waals surface area contributed by atoms with Crippen molar-refractivity contribution in [2.45, 2.75) is 25.1 Å². The van der Waals surface area contributed by atoms with Crippen LogP contribution in [0.15, 0.2) is 58.6 Å². The monoisotopic (exact) mass is 504 g/mol. The Morgan fingerprint density at radius 1 is 1.27 bits per heavy atom. The Balaban J connectivity index is 0.00000256. The minimum absolute atomic E-state index is 0. The standard InChI is InChI=1S/C18H15BrF2N6O2.Ar/c1-11(27-17(28)26-7-12(19)4-14(26)6-23-27)18(29,8-25-10-22-9-24-25)15-3-2-13(20)5-16(15)21;/h2-7,9-11,29H,8H2,1H3;/t11-,18?;/m1./s1. The molecule has 0 saturated carbocycles. The van der Waals surface area contributed by atoms with Gasteiger partial charge in [0.2, 0.25) is 0 Å². The van der Waals surface area contributed by atoms with E-state index in [1.54, 1.807) is 12.3 Å². The molecule has 0 spiro atoms. The molecule has 3 aromatic heterocycles. The van der Waals surface area contributed by atoms with E-state index in [4.69, 9.17) is 0 Å². The van der Waals surface area contributed by atoms with Crippen molar-refractivity contribution < 1.29 is 51.6 Å². The fraction of sp³-hybridized carbons (Fsp3) is 0.222. The molecule has 0 aliphatic carbocycles. The zero-order chi connectivity index (χ0) is 20.8. The van der Waals surface area contributed by atoms with Crippen molar-refractivity contribution in [2.75, 3.05) is 0 Å². The van der Waals surface area contributed by atoms with Crippen LogP contribution in [0.4, 0.5) is 8.78 Å². The van der Waals surface area contributed by atoms with E-state index >= 15 is 0 Å². The van der Waals surface area contributed by atoms with Gasteiger partial charge in [-0.05, 0) is 35.0 Å². The Labute approximate surface area is 207 Å². The number of aliphatic hydroxyl groups is 1. The molecule has 4 aromatic rings. The van der Waals surface area contributed by atoms with Gasteiger partial charge in [-0.1, -0.05) is 6.07 Å². The maximum absolute atomic E-state index is 14.6. The Kier molecular flexibility index (Phi) is 6.78. The predicted octanol–water partition coefficient (Wildman–Crippen LogP) is 2.28. The van der Waals surface area contributed by atoms with Crippen molar-refractivity contribution in [3.8, 4) is 0 Å². The van der Waals surface area contributed by atoms with Crippen LogP contribution in [0.25, 0.3) is 5.52 Å². The van der Waals surface area contributed by atoms with Crippen LogP contribution in [-0.4, -0.2) is 34.1 Å². The molecule has 0 fully saturated rings. The van der Waals surface area contributed by atoms with E-state index in [1.807, 2.05) is 0 Å². The van der Waals surface area contributed by atoms with Crippen LogP contribution in [0.1, 0.15) is 18.5 Å². The maximum Gasteiger partial charge on any atom is 0.349 e. The molecule has 0 radical (unpaired) electrons. The van der Waals surface area contributed by atoms with E-state index in [2.05, 4.69) is 31.1 Å². The Hall–Kier alpha value is -1.66. The summed E-state index contributed by atoms with van der Waals surface area (Å²) in [5.74, 6) is -1.73. The van der Waals surface area contributed by atoms with Crippen LogP contribution in [0.2, 0.25) is 0 Å². The summed E-state index contributed by atoms with van der Waals surface area (Å²) in [4.78, 5) is 16.8. The van der Waals surface area contributed by atoms with E-state index in [0.717, 1.165) is 16.8 Å². The van der Waals surface area contributed by atoms with E-state index in [-0.39, 0.29) is 49.8 Å². The van der Waals surface area contributed by atoms with Crippen molar-refractivity contribution in [3.63, 3.8) is 0 Å². The molecule has 4 rings (SSSR count). The minimum Gasteiger partial charge on any atom is -0.381 e. The number of rotatable bonds is 5. The summed E-state index contributed by atoms with van der Waals surface area (Å²) in [7, 11) is 0. The molecule has 2 atom stereocenters. The predicted molar refractivity (Wildman–Crippen MR) is 102 cm³/mol. The minimum atomic E-state index is -1.99. The van der Waals surface area contributed by atoms with Gasteiger partial charge in [0, 0.05) is 60.0 Å². The molecular formula is C18H15ArBrF2N6O2. The first-order valence-electron chi connectivity index (χ1n) is 8.55. The molecule has 12 heteroatoms. The number of hydrogen-bond acceptors (Lipinski definition) is 5. The molecule has 158 valence electrons. The topological polar surface area (TPSA) is 90.2 Å². The molecule has 3 heterocycles. The van der Waals surface area contributed by atoms with Crippen LogP contribution in [-0.2, 0) is 12.1 Å². The molecule has 0 aliphatic rings. The van der Waals surface area contributed by atoms with Gasteiger partial charge in [0.1, 0.15) is 29.9 Å². The zero-order valence-corrected chi connectivity index (χ0v) is 17.7. The Morgan fingerprint density at radius 3 is 2.70 bits per heavy atom. The summed E-state index contributed by atoms with van der Waals surface area (Å²) in [6.07, 6.45) is 5.64. The molecule has 1 unspecified atom stereocenters. The normalized spacial score (nSPS) is 14.3. The van der Waals surface area contributed by atoms with E-state index in [1.165, 1.54) is 34.9 Å². The van der Waals surface area contributed by atoms with E-state index in [9.17, 15) is 18.7 Å². The number of aromatic nitrogens is 6.